The molecule has 0 unspecified atom stereocenters. The molecule has 1 radical (unpaired) electrons. The van der Waals surface area contributed by atoms with Crippen molar-refractivity contribution < 1.29 is 28.6 Å². The molecule has 0 aliphatic rings. The third-order valence-electron chi connectivity index (χ3n) is 13.3. The van der Waals surface area contributed by atoms with Gasteiger partial charge in [-0.1, -0.05) is 154 Å². The smallest absolute Gasteiger partial charge is 0.121 e. The van der Waals surface area contributed by atoms with Crippen LogP contribution < -0.4 is 0 Å². The van der Waals surface area contributed by atoms with Crippen LogP contribution in [0.5, 0.6) is 0 Å². The van der Waals surface area contributed by atoms with Crippen molar-refractivity contribution in [1.29, 1.82) is 0 Å². The van der Waals surface area contributed by atoms with E-state index in [1.165, 1.54) is 61.1 Å². The number of aryl methyl sites for hydroxylation is 1. The molecule has 0 aliphatic heterocycles. The van der Waals surface area contributed by atoms with E-state index in [1.807, 2.05) is 12.1 Å². The number of rotatable bonds is 6. The van der Waals surface area contributed by atoms with E-state index >= 15 is 0 Å². The Balaban J connectivity index is 0.000000264. The monoisotopic (exact) mass is 1100 g/mol. The zero-order valence-corrected chi connectivity index (χ0v) is 44.0. The van der Waals surface area contributed by atoms with Crippen molar-refractivity contribution >= 4 is 54.5 Å². The molecule has 0 N–H and O–H groups in total. The van der Waals surface area contributed by atoms with Crippen LogP contribution in [0.2, 0.25) is 0 Å². The van der Waals surface area contributed by atoms with Crippen LogP contribution in [0.15, 0.2) is 156 Å². The van der Waals surface area contributed by atoms with E-state index in [0.29, 0.717) is 11.4 Å². The molecule has 0 saturated carbocycles. The number of fused-ring (bicyclic) bond motifs is 7. The fourth-order valence-corrected chi connectivity index (χ4v) is 9.43. The van der Waals surface area contributed by atoms with Gasteiger partial charge in [0.25, 0.3) is 0 Å². The fraction of sp³-hybridized carbons (Fsp3) is 0.234. The molecule has 0 spiro atoms. The Hall–Kier alpha value is -6.72. The molecular weight excluding hydrogens is 1030 g/mol. The van der Waals surface area contributed by atoms with Crippen LogP contribution in [0, 0.1) is 19.0 Å². The molecule has 0 fully saturated rings. The molecule has 6 heteroatoms. The minimum atomic E-state index is -2.11. The molecular formula is C64H60IrN4O-2. The Morgan fingerprint density at radius 1 is 0.629 bits per heavy atom. The summed E-state index contributed by atoms with van der Waals surface area (Å²) in [4.78, 5) is 14.1. The number of benzene rings is 8. The Morgan fingerprint density at radius 2 is 1.33 bits per heavy atom. The third kappa shape index (κ3) is 9.12. The molecule has 0 atom stereocenters. The van der Waals surface area contributed by atoms with Gasteiger partial charge < -0.3 is 8.98 Å². The van der Waals surface area contributed by atoms with Crippen molar-refractivity contribution in [2.24, 2.45) is 0 Å². The first-order valence-electron chi connectivity index (χ1n) is 25.6. The first-order chi connectivity index (χ1) is 34.2. The van der Waals surface area contributed by atoms with E-state index in [2.05, 4.69) is 211 Å². The standard InChI is InChI=1S/C49H43N2O.C15H17N2.Ir/c1-29(2)38-25-34(31-14-9-8-10-15-31)26-39(30(3)4)46(38)51-44-19-12-11-18-43(44)50-48(51)37-17-13-16-36-42-24-33-21-20-32-22-23-35(49(5,6)7)27-40(32)41(33)28-45(42)52-47(36)37;1-11-5-7-12(8-6-11)14-16-10-9-13(17-14)15(2,3)4;/h8-16,18-30H,1-7H3;5-7,9-10H,1-4H3;/q2*-1;/i;1D3;. The van der Waals surface area contributed by atoms with Crippen LogP contribution in [0.25, 0.3) is 94.1 Å². The number of furan rings is 1. The molecule has 353 valence electrons. The summed E-state index contributed by atoms with van der Waals surface area (Å²) in [6.45, 7) is 20.1. The third-order valence-corrected chi connectivity index (χ3v) is 13.3. The van der Waals surface area contributed by atoms with Crippen LogP contribution >= 0.6 is 0 Å². The van der Waals surface area contributed by atoms with E-state index in [0.717, 1.165) is 50.1 Å². The minimum Gasteiger partial charge on any atom is -0.501 e. The quantitative estimate of drug-likeness (QED) is 0.123. The van der Waals surface area contributed by atoms with E-state index < -0.39 is 6.85 Å². The average Bonchev–Trinajstić information content (AvgIpc) is 3.93. The fourth-order valence-electron chi connectivity index (χ4n) is 9.43. The van der Waals surface area contributed by atoms with Crippen LogP contribution in [0.4, 0.5) is 0 Å². The maximum absolute atomic E-state index is 7.35. The molecule has 3 heterocycles. The van der Waals surface area contributed by atoms with E-state index in [1.54, 1.807) is 18.3 Å². The van der Waals surface area contributed by atoms with Gasteiger partial charge in [-0.2, -0.15) is 0 Å². The van der Waals surface area contributed by atoms with Gasteiger partial charge in [-0.25, -0.2) is 0 Å². The molecule has 11 rings (SSSR count). The topological polar surface area (TPSA) is 56.7 Å². The average molecular weight is 1100 g/mol. The molecule has 0 aliphatic carbocycles. The molecule has 70 heavy (non-hydrogen) atoms. The van der Waals surface area contributed by atoms with Crippen molar-refractivity contribution in [3.63, 3.8) is 0 Å². The number of aromatic nitrogens is 4. The Labute approximate surface area is 430 Å². The number of nitrogens with zero attached hydrogens (tertiary/aromatic N) is 4. The van der Waals surface area contributed by atoms with Gasteiger partial charge in [0.05, 0.1) is 28.3 Å². The second-order valence-corrected chi connectivity index (χ2v) is 21.0. The van der Waals surface area contributed by atoms with Crippen molar-refractivity contribution in [2.75, 3.05) is 0 Å². The van der Waals surface area contributed by atoms with Crippen LogP contribution in [-0.2, 0) is 30.9 Å². The zero-order valence-electron chi connectivity index (χ0n) is 44.6. The van der Waals surface area contributed by atoms with Gasteiger partial charge in [0.1, 0.15) is 5.58 Å². The van der Waals surface area contributed by atoms with Gasteiger partial charge >= 0.3 is 0 Å². The predicted molar refractivity (Wildman–Crippen MR) is 290 cm³/mol. The first kappa shape index (κ1) is 44.5. The summed E-state index contributed by atoms with van der Waals surface area (Å²) in [5, 5.41) is 7.07. The van der Waals surface area contributed by atoms with Crippen molar-refractivity contribution in [3.8, 4) is 39.6 Å². The van der Waals surface area contributed by atoms with Gasteiger partial charge in [0, 0.05) is 52.6 Å². The van der Waals surface area contributed by atoms with Crippen molar-refractivity contribution in [2.45, 2.75) is 98.8 Å². The maximum atomic E-state index is 7.35. The second-order valence-electron chi connectivity index (χ2n) is 21.0. The Bertz CT molecular complexity index is 3790. The van der Waals surface area contributed by atoms with Gasteiger partial charge in [-0.3, -0.25) is 15.0 Å². The SMILES string of the molecule is CC(C)c1cc(-c2ccccc2)cc(C(C)C)c1-n1c(-c2[c-]ccc3c2oc2cc4c(ccc5ccc(C(C)(C)C)cc54)cc23)nc2ccccc21.[2H]C([2H])([2H])c1c[c-]c(-c2nccc(C(C)(C)C)n2)cc1.[Ir]. The summed E-state index contributed by atoms with van der Waals surface area (Å²) in [6.07, 6.45) is 1.72. The molecule has 0 saturated heterocycles. The van der Waals surface area contributed by atoms with Gasteiger partial charge in [-0.05, 0) is 115 Å². The van der Waals surface area contributed by atoms with Crippen LogP contribution in [-0.4, -0.2) is 19.5 Å². The summed E-state index contributed by atoms with van der Waals surface area (Å²) in [5.41, 5.74) is 14.0. The Morgan fingerprint density at radius 3 is 2.01 bits per heavy atom. The predicted octanol–water partition coefficient (Wildman–Crippen LogP) is 17.5. The summed E-state index contributed by atoms with van der Waals surface area (Å²) >= 11 is 0. The first-order valence-corrected chi connectivity index (χ1v) is 24.1. The molecule has 0 bridgehead atoms. The van der Waals surface area contributed by atoms with E-state index in [-0.39, 0.29) is 48.3 Å². The second kappa shape index (κ2) is 18.9. The molecule has 3 aromatic heterocycles. The van der Waals surface area contributed by atoms with Crippen LogP contribution in [0.1, 0.15) is 113 Å². The zero-order chi connectivity index (χ0) is 50.9. The summed E-state index contributed by atoms with van der Waals surface area (Å²) in [6, 6.07) is 57.2. The number of hydrogen-bond acceptors (Lipinski definition) is 4. The Kier molecular flexibility index (Phi) is 12.0. The van der Waals surface area contributed by atoms with Crippen molar-refractivity contribution in [3.05, 3.63) is 192 Å². The minimum absolute atomic E-state index is 0. The normalized spacial score (nSPS) is 12.9. The molecule has 5 nitrogen and oxygen atoms in total. The molecule has 8 aromatic carbocycles. The van der Waals surface area contributed by atoms with Gasteiger partial charge in [-0.15, -0.1) is 53.6 Å². The molecule has 11 aromatic rings. The summed E-state index contributed by atoms with van der Waals surface area (Å²) in [7, 11) is 0. The van der Waals surface area contributed by atoms with E-state index in [9.17, 15) is 0 Å². The number of imidazole rings is 1. The van der Waals surface area contributed by atoms with Gasteiger partial charge in [0.2, 0.25) is 0 Å². The molecule has 0 amide bonds. The summed E-state index contributed by atoms with van der Waals surface area (Å²) < 4.78 is 31.3. The number of para-hydroxylation sites is 2. The maximum Gasteiger partial charge on any atom is 0.121 e. The van der Waals surface area contributed by atoms with Gasteiger partial charge in [0.15, 0.2) is 0 Å². The number of hydrogen-bond donors (Lipinski definition) is 0. The van der Waals surface area contributed by atoms with E-state index in [4.69, 9.17) is 13.5 Å². The summed E-state index contributed by atoms with van der Waals surface area (Å²) in [5.74, 6) is 1.95. The largest absolute Gasteiger partial charge is 0.501 e. The van der Waals surface area contributed by atoms with Crippen molar-refractivity contribution in [1.82, 2.24) is 19.5 Å². The van der Waals surface area contributed by atoms with Crippen LogP contribution in [0.3, 0.4) is 0 Å².